The van der Waals surface area contributed by atoms with Crippen molar-refractivity contribution >= 4 is 40.8 Å². The number of hydrogen-bond acceptors (Lipinski definition) is 6. The van der Waals surface area contributed by atoms with Crippen LogP contribution in [-0.2, 0) is 4.74 Å². The average Bonchev–Trinajstić information content (AvgIpc) is 2.68. The Morgan fingerprint density at radius 1 is 1.07 bits per heavy atom. The predicted molar refractivity (Wildman–Crippen MR) is 103 cm³/mol. The summed E-state index contributed by atoms with van der Waals surface area (Å²) in [6.45, 7) is 0. The summed E-state index contributed by atoms with van der Waals surface area (Å²) in [7, 11) is 1.28. The van der Waals surface area contributed by atoms with Crippen LogP contribution in [0, 0.1) is 0 Å². The number of ether oxygens (including phenoxy) is 1. The lowest BCUT2D eigenvalue weighted by Gasteiger charge is -2.10. The maximum Gasteiger partial charge on any atom is 0.339 e. The van der Waals surface area contributed by atoms with E-state index in [1.165, 1.54) is 19.4 Å². The number of nitrogens with zero attached hydrogens (tertiary/aromatic N) is 2. The number of benzene rings is 2. The largest absolute Gasteiger partial charge is 0.465 e. The molecular formula is C19H15ClN4O3. The van der Waals surface area contributed by atoms with E-state index in [0.717, 1.165) is 0 Å². The molecule has 0 aliphatic heterocycles. The van der Waals surface area contributed by atoms with E-state index >= 15 is 0 Å². The van der Waals surface area contributed by atoms with Crippen LogP contribution < -0.4 is 10.6 Å². The summed E-state index contributed by atoms with van der Waals surface area (Å²) < 4.78 is 4.72. The van der Waals surface area contributed by atoms with Gasteiger partial charge in [-0.15, -0.1) is 0 Å². The number of rotatable bonds is 5. The summed E-state index contributed by atoms with van der Waals surface area (Å²) in [5, 5.41) is 6.21. The molecule has 0 spiro atoms. The Kier molecular flexibility index (Phi) is 5.63. The van der Waals surface area contributed by atoms with Gasteiger partial charge in [-0.3, -0.25) is 4.79 Å². The predicted octanol–water partition coefficient (Wildman–Crippen LogP) is 3.91. The van der Waals surface area contributed by atoms with Crippen LogP contribution in [-0.4, -0.2) is 29.0 Å². The Hall–Kier alpha value is -3.45. The number of nitrogens with one attached hydrogen (secondary N) is 2. The minimum Gasteiger partial charge on any atom is -0.465 e. The van der Waals surface area contributed by atoms with Gasteiger partial charge in [0, 0.05) is 16.9 Å². The fourth-order valence-corrected chi connectivity index (χ4v) is 2.50. The van der Waals surface area contributed by atoms with Crippen LogP contribution in [0.3, 0.4) is 0 Å². The molecule has 2 aromatic carbocycles. The number of carbonyl (C=O) groups is 2. The highest BCUT2D eigenvalue weighted by atomic mass is 35.5. The summed E-state index contributed by atoms with van der Waals surface area (Å²) >= 11 is 5.95. The highest BCUT2D eigenvalue weighted by Gasteiger charge is 2.15. The molecule has 0 atom stereocenters. The van der Waals surface area contributed by atoms with Gasteiger partial charge >= 0.3 is 5.97 Å². The summed E-state index contributed by atoms with van der Waals surface area (Å²) in [5.41, 5.74) is 1.40. The summed E-state index contributed by atoms with van der Waals surface area (Å²) in [6, 6.07) is 15.1. The molecule has 1 aromatic heterocycles. The van der Waals surface area contributed by atoms with Crippen molar-refractivity contribution in [2.24, 2.45) is 0 Å². The van der Waals surface area contributed by atoms with Crippen molar-refractivity contribution in [2.45, 2.75) is 0 Å². The van der Waals surface area contributed by atoms with Crippen molar-refractivity contribution < 1.29 is 14.3 Å². The summed E-state index contributed by atoms with van der Waals surface area (Å²) in [4.78, 5) is 32.6. The fraction of sp³-hybridized carbons (Fsp3) is 0.0526. The third kappa shape index (κ3) is 4.59. The first-order valence-electron chi connectivity index (χ1n) is 7.91. The van der Waals surface area contributed by atoms with E-state index in [1.807, 2.05) is 0 Å². The minimum atomic E-state index is -0.545. The Labute approximate surface area is 160 Å². The standard InChI is InChI=1S/C19H15ClN4O3/c1-27-18(26)14-7-2-3-8-15(14)23-17(25)16-9-10-21-19(24-16)22-13-6-4-5-12(20)11-13/h2-11H,1H3,(H,23,25)(H,21,22,24). The van der Waals surface area contributed by atoms with Crippen LogP contribution in [0.15, 0.2) is 60.8 Å². The average molecular weight is 383 g/mol. The molecule has 0 saturated heterocycles. The van der Waals surface area contributed by atoms with Crippen molar-refractivity contribution in [3.8, 4) is 0 Å². The summed E-state index contributed by atoms with van der Waals surface area (Å²) in [5.74, 6) is -0.786. The van der Waals surface area contributed by atoms with Crippen molar-refractivity contribution in [3.05, 3.63) is 77.1 Å². The SMILES string of the molecule is COC(=O)c1ccccc1NC(=O)c1ccnc(Nc2cccc(Cl)c2)n1. The molecule has 1 amide bonds. The zero-order chi connectivity index (χ0) is 19.2. The quantitative estimate of drug-likeness (QED) is 0.650. The van der Waals surface area contributed by atoms with E-state index in [9.17, 15) is 9.59 Å². The molecule has 0 aliphatic carbocycles. The molecule has 136 valence electrons. The number of halogens is 1. The molecule has 1 heterocycles. The molecule has 0 aliphatic rings. The molecule has 0 fully saturated rings. The van der Waals surface area contributed by atoms with Crippen LogP contribution in [0.4, 0.5) is 17.3 Å². The number of para-hydroxylation sites is 1. The molecule has 0 saturated carbocycles. The molecule has 0 bridgehead atoms. The van der Waals surface area contributed by atoms with Gasteiger partial charge in [0.1, 0.15) is 5.69 Å². The first-order chi connectivity index (χ1) is 13.1. The second-order valence-electron chi connectivity index (χ2n) is 5.39. The number of hydrogen-bond donors (Lipinski definition) is 2. The molecule has 3 rings (SSSR count). The lowest BCUT2D eigenvalue weighted by Crippen LogP contribution is -2.17. The Balaban J connectivity index is 1.79. The van der Waals surface area contributed by atoms with Gasteiger partial charge in [0.05, 0.1) is 18.4 Å². The molecule has 0 unspecified atom stereocenters. The third-order valence-corrected chi connectivity index (χ3v) is 3.78. The van der Waals surface area contributed by atoms with Crippen LogP contribution in [0.25, 0.3) is 0 Å². The first-order valence-corrected chi connectivity index (χ1v) is 8.29. The van der Waals surface area contributed by atoms with E-state index in [4.69, 9.17) is 16.3 Å². The van der Waals surface area contributed by atoms with E-state index in [0.29, 0.717) is 16.4 Å². The van der Waals surface area contributed by atoms with Crippen LogP contribution >= 0.6 is 11.6 Å². The molecule has 0 radical (unpaired) electrons. The van der Waals surface area contributed by atoms with E-state index in [1.54, 1.807) is 48.5 Å². The topological polar surface area (TPSA) is 93.2 Å². The maximum atomic E-state index is 12.5. The molecule has 8 heteroatoms. The third-order valence-electron chi connectivity index (χ3n) is 3.55. The van der Waals surface area contributed by atoms with Gasteiger partial charge in [0.2, 0.25) is 5.95 Å². The summed E-state index contributed by atoms with van der Waals surface area (Å²) in [6.07, 6.45) is 1.46. The lowest BCUT2D eigenvalue weighted by atomic mass is 10.1. The fourth-order valence-electron chi connectivity index (χ4n) is 2.31. The zero-order valence-electron chi connectivity index (χ0n) is 14.3. The van der Waals surface area contributed by atoms with E-state index in [-0.39, 0.29) is 17.2 Å². The Morgan fingerprint density at radius 2 is 1.89 bits per heavy atom. The smallest absolute Gasteiger partial charge is 0.339 e. The van der Waals surface area contributed by atoms with E-state index < -0.39 is 11.9 Å². The number of aromatic nitrogens is 2. The molecule has 2 N–H and O–H groups in total. The Bertz CT molecular complexity index is 994. The van der Waals surface area contributed by atoms with Crippen LogP contribution in [0.1, 0.15) is 20.8 Å². The van der Waals surface area contributed by atoms with Crippen molar-refractivity contribution in [3.63, 3.8) is 0 Å². The van der Waals surface area contributed by atoms with Gasteiger partial charge in [-0.2, -0.15) is 0 Å². The molecule has 27 heavy (non-hydrogen) atoms. The molecule has 3 aromatic rings. The van der Waals surface area contributed by atoms with E-state index in [2.05, 4.69) is 20.6 Å². The Morgan fingerprint density at radius 3 is 2.67 bits per heavy atom. The van der Waals surface area contributed by atoms with Crippen LogP contribution in [0.5, 0.6) is 0 Å². The normalized spacial score (nSPS) is 10.1. The van der Waals surface area contributed by atoms with Crippen molar-refractivity contribution in [2.75, 3.05) is 17.7 Å². The zero-order valence-corrected chi connectivity index (χ0v) is 15.0. The number of methoxy groups -OCH3 is 1. The minimum absolute atomic E-state index is 0.134. The highest BCUT2D eigenvalue weighted by molar-refractivity contribution is 6.30. The van der Waals surface area contributed by atoms with Gasteiger partial charge in [0.25, 0.3) is 5.91 Å². The highest BCUT2D eigenvalue weighted by Crippen LogP contribution is 2.19. The second-order valence-corrected chi connectivity index (χ2v) is 5.83. The molecule has 7 nitrogen and oxygen atoms in total. The van der Waals surface area contributed by atoms with Gasteiger partial charge in [-0.25, -0.2) is 14.8 Å². The van der Waals surface area contributed by atoms with Gasteiger partial charge in [-0.1, -0.05) is 29.8 Å². The monoisotopic (exact) mass is 382 g/mol. The second kappa shape index (κ2) is 8.29. The first kappa shape index (κ1) is 18.3. The maximum absolute atomic E-state index is 12.5. The lowest BCUT2D eigenvalue weighted by molar-refractivity contribution is 0.0602. The number of esters is 1. The number of amides is 1. The molecular weight excluding hydrogens is 368 g/mol. The number of anilines is 3. The van der Waals surface area contributed by atoms with Crippen molar-refractivity contribution in [1.29, 1.82) is 0 Å². The number of carbonyl (C=O) groups excluding carboxylic acids is 2. The van der Waals surface area contributed by atoms with Gasteiger partial charge in [0.15, 0.2) is 0 Å². The van der Waals surface area contributed by atoms with Gasteiger partial charge < -0.3 is 15.4 Å². The van der Waals surface area contributed by atoms with Crippen LogP contribution in [0.2, 0.25) is 5.02 Å². The van der Waals surface area contributed by atoms with Gasteiger partial charge in [-0.05, 0) is 36.4 Å². The van der Waals surface area contributed by atoms with Crippen molar-refractivity contribution in [1.82, 2.24) is 9.97 Å².